The number of halogens is 2. The lowest BCUT2D eigenvalue weighted by Gasteiger charge is -2.36. The fraction of sp³-hybridized carbons (Fsp3) is 0.263. The van der Waals surface area contributed by atoms with Gasteiger partial charge in [-0.25, -0.2) is 0 Å². The largest absolute Gasteiger partial charge is 0.368 e. The number of hydrogen-bond donors (Lipinski definition) is 0. The Hall–Kier alpha value is -2.04. The summed E-state index contributed by atoms with van der Waals surface area (Å²) in [5, 5.41) is 0.889. The van der Waals surface area contributed by atoms with Gasteiger partial charge in [-0.3, -0.25) is 9.59 Å². The Labute approximate surface area is 156 Å². The van der Waals surface area contributed by atoms with E-state index in [2.05, 4.69) is 4.90 Å². The van der Waals surface area contributed by atoms with Crippen LogP contribution in [0.2, 0.25) is 10.0 Å². The second kappa shape index (κ2) is 7.46. The third kappa shape index (κ3) is 3.97. The van der Waals surface area contributed by atoms with E-state index < -0.39 is 0 Å². The van der Waals surface area contributed by atoms with Crippen molar-refractivity contribution in [3.63, 3.8) is 0 Å². The fourth-order valence-corrected chi connectivity index (χ4v) is 3.40. The molecular weight excluding hydrogens is 359 g/mol. The van der Waals surface area contributed by atoms with E-state index in [9.17, 15) is 9.59 Å². The number of benzene rings is 2. The third-order valence-corrected chi connectivity index (χ3v) is 4.92. The van der Waals surface area contributed by atoms with Crippen molar-refractivity contribution < 1.29 is 9.59 Å². The van der Waals surface area contributed by atoms with Crippen LogP contribution in [-0.4, -0.2) is 42.8 Å². The Balaban J connectivity index is 1.65. The first kappa shape index (κ1) is 17.8. The quantitative estimate of drug-likeness (QED) is 0.755. The Morgan fingerprint density at radius 2 is 1.56 bits per heavy atom. The number of carbonyl (C=O) groups is 2. The maximum atomic E-state index is 12.6. The zero-order valence-electron chi connectivity index (χ0n) is 13.8. The first-order valence-corrected chi connectivity index (χ1v) is 8.81. The second-order valence-corrected chi connectivity index (χ2v) is 6.85. The number of piperazine rings is 1. The number of anilines is 1. The van der Waals surface area contributed by atoms with Gasteiger partial charge in [0.25, 0.3) is 5.91 Å². The van der Waals surface area contributed by atoms with Gasteiger partial charge in [-0.15, -0.1) is 0 Å². The van der Waals surface area contributed by atoms with Crippen molar-refractivity contribution in [1.82, 2.24) is 4.90 Å². The molecule has 4 nitrogen and oxygen atoms in total. The van der Waals surface area contributed by atoms with E-state index >= 15 is 0 Å². The van der Waals surface area contributed by atoms with Gasteiger partial charge in [0.2, 0.25) is 0 Å². The van der Waals surface area contributed by atoms with E-state index in [0.29, 0.717) is 34.3 Å². The van der Waals surface area contributed by atoms with Crippen molar-refractivity contribution in [1.29, 1.82) is 0 Å². The van der Waals surface area contributed by atoms with Crippen LogP contribution < -0.4 is 4.90 Å². The predicted molar refractivity (Wildman–Crippen MR) is 101 cm³/mol. The highest BCUT2D eigenvalue weighted by Gasteiger charge is 2.23. The van der Waals surface area contributed by atoms with Crippen molar-refractivity contribution >= 4 is 40.6 Å². The molecule has 0 radical (unpaired) electrons. The molecule has 1 aliphatic rings. The van der Waals surface area contributed by atoms with Crippen LogP contribution in [0.3, 0.4) is 0 Å². The molecule has 0 bridgehead atoms. The Morgan fingerprint density at radius 1 is 0.920 bits per heavy atom. The Morgan fingerprint density at radius 3 is 2.12 bits per heavy atom. The summed E-state index contributed by atoms with van der Waals surface area (Å²) in [5.41, 5.74) is 2.24. The van der Waals surface area contributed by atoms with Gasteiger partial charge in [0.1, 0.15) is 0 Å². The standard InChI is InChI=1S/C19H18Cl2N2O2/c1-13(24)14-2-5-16(6-3-14)22-8-10-23(11-9-22)19(25)17-7-4-15(20)12-18(17)21/h2-7,12H,8-11H2,1H3. The minimum absolute atomic E-state index is 0.0572. The van der Waals surface area contributed by atoms with E-state index in [4.69, 9.17) is 23.2 Å². The molecule has 0 spiro atoms. The normalized spacial score (nSPS) is 14.5. The summed E-state index contributed by atoms with van der Waals surface area (Å²) in [4.78, 5) is 28.0. The predicted octanol–water partition coefficient (Wildman–Crippen LogP) is 4.16. The molecule has 1 amide bonds. The van der Waals surface area contributed by atoms with E-state index in [1.54, 1.807) is 30.0 Å². The molecule has 0 atom stereocenters. The first-order valence-electron chi connectivity index (χ1n) is 8.06. The average Bonchev–Trinajstić information content (AvgIpc) is 2.61. The van der Waals surface area contributed by atoms with Crippen molar-refractivity contribution in [2.45, 2.75) is 6.92 Å². The van der Waals surface area contributed by atoms with Crippen LogP contribution in [0.15, 0.2) is 42.5 Å². The van der Waals surface area contributed by atoms with Crippen LogP contribution in [0.5, 0.6) is 0 Å². The monoisotopic (exact) mass is 376 g/mol. The van der Waals surface area contributed by atoms with Crippen LogP contribution in [-0.2, 0) is 0 Å². The molecular formula is C19H18Cl2N2O2. The summed E-state index contributed by atoms with van der Waals surface area (Å²) >= 11 is 12.0. The number of nitrogens with zero attached hydrogens (tertiary/aromatic N) is 2. The van der Waals surface area contributed by atoms with Crippen molar-refractivity contribution in [2.24, 2.45) is 0 Å². The van der Waals surface area contributed by atoms with Gasteiger partial charge in [0.15, 0.2) is 5.78 Å². The van der Waals surface area contributed by atoms with Gasteiger partial charge in [-0.2, -0.15) is 0 Å². The zero-order chi connectivity index (χ0) is 18.0. The summed E-state index contributed by atoms with van der Waals surface area (Å²) in [6.07, 6.45) is 0. The lowest BCUT2D eigenvalue weighted by atomic mass is 10.1. The molecule has 0 aliphatic carbocycles. The number of hydrogen-bond acceptors (Lipinski definition) is 3. The maximum Gasteiger partial charge on any atom is 0.255 e. The number of ketones is 1. The molecule has 6 heteroatoms. The molecule has 1 aliphatic heterocycles. The maximum absolute atomic E-state index is 12.6. The summed E-state index contributed by atoms with van der Waals surface area (Å²) in [5.74, 6) is -0.0185. The highest BCUT2D eigenvalue weighted by molar-refractivity contribution is 6.36. The molecule has 3 rings (SSSR count). The van der Waals surface area contributed by atoms with Gasteiger partial charge in [0.05, 0.1) is 10.6 Å². The highest BCUT2D eigenvalue weighted by atomic mass is 35.5. The van der Waals surface area contributed by atoms with Crippen LogP contribution >= 0.6 is 23.2 Å². The summed E-state index contributed by atoms with van der Waals surface area (Å²) in [6, 6.07) is 12.5. The van der Waals surface area contributed by atoms with E-state index in [0.717, 1.165) is 18.8 Å². The molecule has 0 aromatic heterocycles. The van der Waals surface area contributed by atoms with Gasteiger partial charge >= 0.3 is 0 Å². The molecule has 0 N–H and O–H groups in total. The van der Waals surface area contributed by atoms with Crippen LogP contribution in [0.4, 0.5) is 5.69 Å². The van der Waals surface area contributed by atoms with Gasteiger partial charge in [0, 0.05) is 42.5 Å². The van der Waals surface area contributed by atoms with E-state index in [1.807, 2.05) is 24.3 Å². The number of rotatable bonds is 3. The second-order valence-electron chi connectivity index (χ2n) is 6.01. The van der Waals surface area contributed by atoms with Gasteiger partial charge in [-0.1, -0.05) is 23.2 Å². The number of amides is 1. The molecule has 2 aromatic carbocycles. The first-order chi connectivity index (χ1) is 12.0. The van der Waals surface area contributed by atoms with Crippen LogP contribution in [0, 0.1) is 0 Å². The van der Waals surface area contributed by atoms with E-state index in [1.165, 1.54) is 0 Å². The molecule has 1 fully saturated rings. The minimum Gasteiger partial charge on any atom is -0.368 e. The van der Waals surface area contributed by atoms with Crippen molar-refractivity contribution in [2.75, 3.05) is 31.1 Å². The van der Waals surface area contributed by atoms with Crippen LogP contribution in [0.25, 0.3) is 0 Å². The smallest absolute Gasteiger partial charge is 0.255 e. The molecule has 130 valence electrons. The van der Waals surface area contributed by atoms with Crippen LogP contribution in [0.1, 0.15) is 27.6 Å². The molecule has 2 aromatic rings. The molecule has 0 saturated carbocycles. The highest BCUT2D eigenvalue weighted by Crippen LogP contribution is 2.24. The SMILES string of the molecule is CC(=O)c1ccc(N2CCN(C(=O)c3ccc(Cl)cc3Cl)CC2)cc1. The third-order valence-electron chi connectivity index (χ3n) is 4.37. The zero-order valence-corrected chi connectivity index (χ0v) is 15.3. The lowest BCUT2D eigenvalue weighted by Crippen LogP contribution is -2.48. The summed E-state index contributed by atoms with van der Waals surface area (Å²) < 4.78 is 0. The topological polar surface area (TPSA) is 40.6 Å². The van der Waals surface area contributed by atoms with Crippen molar-refractivity contribution in [3.8, 4) is 0 Å². The molecule has 25 heavy (non-hydrogen) atoms. The summed E-state index contributed by atoms with van der Waals surface area (Å²) in [7, 11) is 0. The molecule has 1 heterocycles. The number of carbonyl (C=O) groups excluding carboxylic acids is 2. The Bertz CT molecular complexity index is 798. The van der Waals surface area contributed by atoms with Gasteiger partial charge < -0.3 is 9.80 Å². The minimum atomic E-state index is -0.0757. The molecule has 0 unspecified atom stereocenters. The fourth-order valence-electron chi connectivity index (χ4n) is 2.91. The van der Waals surface area contributed by atoms with E-state index in [-0.39, 0.29) is 11.7 Å². The lowest BCUT2D eigenvalue weighted by molar-refractivity contribution is 0.0746. The average molecular weight is 377 g/mol. The Kier molecular flexibility index (Phi) is 5.30. The van der Waals surface area contributed by atoms with Gasteiger partial charge in [-0.05, 0) is 49.4 Å². The molecule has 1 saturated heterocycles. The number of Topliss-reactive ketones (excluding diaryl/α,β-unsaturated/α-hetero) is 1. The summed E-state index contributed by atoms with van der Waals surface area (Å²) in [6.45, 7) is 4.26. The van der Waals surface area contributed by atoms with Crippen molar-refractivity contribution in [3.05, 3.63) is 63.6 Å².